The second kappa shape index (κ2) is 9.59. The molecule has 0 radical (unpaired) electrons. The highest BCUT2D eigenvalue weighted by molar-refractivity contribution is 6.01. The Morgan fingerprint density at radius 3 is 2.52 bits per heavy atom. The van der Waals surface area contributed by atoms with Crippen LogP contribution in [-0.4, -0.2) is 44.2 Å². The number of hydrogen-bond acceptors (Lipinski definition) is 3. The maximum Gasteiger partial charge on any atom is 0.295 e. The van der Waals surface area contributed by atoms with Crippen molar-refractivity contribution in [2.45, 2.75) is 13.5 Å². The third-order valence-electron chi connectivity index (χ3n) is 3.57. The maximum absolute atomic E-state index is 12.5. The molecule has 0 saturated carbocycles. The Morgan fingerprint density at radius 2 is 1.84 bits per heavy atom. The SMILES string of the molecule is COCCOC(=NC(=O)c1cccc(C)c1)N(C)Cc1ccccc1. The van der Waals surface area contributed by atoms with Crippen LogP contribution in [0.2, 0.25) is 0 Å². The van der Waals surface area contributed by atoms with Crippen molar-refractivity contribution in [2.75, 3.05) is 27.4 Å². The number of amidine groups is 1. The zero-order valence-electron chi connectivity index (χ0n) is 14.9. The monoisotopic (exact) mass is 340 g/mol. The van der Waals surface area contributed by atoms with Crippen LogP contribution in [0.4, 0.5) is 0 Å². The fourth-order valence-corrected chi connectivity index (χ4v) is 2.30. The van der Waals surface area contributed by atoms with Crippen molar-refractivity contribution in [3.63, 3.8) is 0 Å². The first-order chi connectivity index (χ1) is 12.1. The number of carbonyl (C=O) groups is 1. The van der Waals surface area contributed by atoms with Crippen molar-refractivity contribution in [3.8, 4) is 0 Å². The van der Waals surface area contributed by atoms with Crippen molar-refractivity contribution in [1.29, 1.82) is 0 Å². The highest BCUT2D eigenvalue weighted by Gasteiger charge is 2.13. The number of rotatable bonds is 6. The number of carbonyl (C=O) groups excluding carboxylic acids is 1. The van der Waals surface area contributed by atoms with Crippen LogP contribution in [-0.2, 0) is 16.0 Å². The molecule has 0 aliphatic carbocycles. The van der Waals surface area contributed by atoms with Gasteiger partial charge in [-0.2, -0.15) is 4.99 Å². The molecule has 0 saturated heterocycles. The van der Waals surface area contributed by atoms with Gasteiger partial charge in [0.1, 0.15) is 6.61 Å². The van der Waals surface area contributed by atoms with E-state index in [9.17, 15) is 4.79 Å². The minimum atomic E-state index is -0.323. The highest BCUT2D eigenvalue weighted by Crippen LogP contribution is 2.08. The van der Waals surface area contributed by atoms with Gasteiger partial charge < -0.3 is 14.4 Å². The average Bonchev–Trinajstić information content (AvgIpc) is 2.61. The van der Waals surface area contributed by atoms with Gasteiger partial charge in [-0.3, -0.25) is 4.79 Å². The normalized spacial score (nSPS) is 11.2. The molecule has 0 heterocycles. The first-order valence-electron chi connectivity index (χ1n) is 8.16. The fourth-order valence-electron chi connectivity index (χ4n) is 2.30. The summed E-state index contributed by atoms with van der Waals surface area (Å²) in [5, 5.41) is 0. The summed E-state index contributed by atoms with van der Waals surface area (Å²) >= 11 is 0. The lowest BCUT2D eigenvalue weighted by Crippen LogP contribution is -2.30. The number of methoxy groups -OCH3 is 1. The minimum absolute atomic E-state index is 0.285. The minimum Gasteiger partial charge on any atom is -0.462 e. The van der Waals surface area contributed by atoms with E-state index in [2.05, 4.69) is 4.99 Å². The molecule has 0 unspecified atom stereocenters. The summed E-state index contributed by atoms with van der Waals surface area (Å²) in [6, 6.07) is 17.6. The Morgan fingerprint density at radius 1 is 1.08 bits per heavy atom. The molecule has 2 aromatic rings. The van der Waals surface area contributed by atoms with Crippen LogP contribution >= 0.6 is 0 Å². The number of aliphatic imine (C=N–C) groups is 1. The van der Waals surface area contributed by atoms with Crippen molar-refractivity contribution in [2.24, 2.45) is 4.99 Å². The van der Waals surface area contributed by atoms with Crippen LogP contribution in [0.3, 0.4) is 0 Å². The molecule has 1 amide bonds. The van der Waals surface area contributed by atoms with Gasteiger partial charge in [-0.05, 0) is 24.6 Å². The fraction of sp³-hybridized carbons (Fsp3) is 0.300. The van der Waals surface area contributed by atoms with Crippen molar-refractivity contribution in [3.05, 3.63) is 71.3 Å². The van der Waals surface area contributed by atoms with Gasteiger partial charge in [-0.15, -0.1) is 0 Å². The van der Waals surface area contributed by atoms with E-state index in [1.165, 1.54) is 0 Å². The van der Waals surface area contributed by atoms with Gasteiger partial charge in [-0.1, -0.05) is 48.0 Å². The maximum atomic E-state index is 12.5. The smallest absolute Gasteiger partial charge is 0.295 e. The third-order valence-corrected chi connectivity index (χ3v) is 3.57. The van der Waals surface area contributed by atoms with E-state index < -0.39 is 0 Å². The van der Waals surface area contributed by atoms with E-state index in [0.717, 1.165) is 11.1 Å². The van der Waals surface area contributed by atoms with E-state index in [1.54, 1.807) is 13.2 Å². The Bertz CT molecular complexity index is 714. The molecular weight excluding hydrogens is 316 g/mol. The molecule has 0 atom stereocenters. The summed E-state index contributed by atoms with van der Waals surface area (Å²) in [6.45, 7) is 3.29. The Balaban J connectivity index is 2.17. The Hall–Kier alpha value is -2.66. The van der Waals surface area contributed by atoms with Gasteiger partial charge in [0.15, 0.2) is 0 Å². The standard InChI is InChI=1S/C20H24N2O3/c1-16-8-7-11-18(14-16)19(23)21-20(25-13-12-24-3)22(2)15-17-9-5-4-6-10-17/h4-11,14H,12-13,15H2,1-3H3. The van der Waals surface area contributed by atoms with E-state index in [4.69, 9.17) is 9.47 Å². The Kier molecular flexibility index (Phi) is 7.16. The van der Waals surface area contributed by atoms with Crippen LogP contribution in [0.15, 0.2) is 59.6 Å². The third kappa shape index (κ3) is 6.04. The highest BCUT2D eigenvalue weighted by atomic mass is 16.5. The molecule has 0 fully saturated rings. The van der Waals surface area contributed by atoms with Crippen LogP contribution in [0.5, 0.6) is 0 Å². The van der Waals surface area contributed by atoms with Crippen LogP contribution in [0.1, 0.15) is 21.5 Å². The lowest BCUT2D eigenvalue weighted by Gasteiger charge is -2.21. The van der Waals surface area contributed by atoms with Gasteiger partial charge in [-0.25, -0.2) is 0 Å². The molecule has 2 aromatic carbocycles. The lowest BCUT2D eigenvalue weighted by molar-refractivity contribution is 0.0983. The first-order valence-corrected chi connectivity index (χ1v) is 8.16. The molecular formula is C20H24N2O3. The summed E-state index contributed by atoms with van der Waals surface area (Å²) in [5.41, 5.74) is 2.66. The average molecular weight is 340 g/mol. The largest absolute Gasteiger partial charge is 0.462 e. The summed E-state index contributed by atoms with van der Waals surface area (Å²) in [7, 11) is 3.45. The van der Waals surface area contributed by atoms with Crippen LogP contribution in [0, 0.1) is 6.92 Å². The molecule has 5 heteroatoms. The lowest BCUT2D eigenvalue weighted by atomic mass is 10.1. The van der Waals surface area contributed by atoms with Gasteiger partial charge in [0, 0.05) is 26.3 Å². The number of nitrogens with zero attached hydrogens (tertiary/aromatic N) is 2. The number of aryl methyl sites for hydroxylation is 1. The summed E-state index contributed by atoms with van der Waals surface area (Å²) in [4.78, 5) is 18.5. The topological polar surface area (TPSA) is 51.1 Å². The van der Waals surface area contributed by atoms with E-state index in [0.29, 0.717) is 25.3 Å². The molecule has 0 bridgehead atoms. The summed E-state index contributed by atoms with van der Waals surface area (Å²) < 4.78 is 10.7. The van der Waals surface area contributed by atoms with Crippen molar-refractivity contribution >= 4 is 11.9 Å². The van der Waals surface area contributed by atoms with Gasteiger partial charge in [0.25, 0.3) is 11.9 Å². The summed E-state index contributed by atoms with van der Waals surface area (Å²) in [6.07, 6.45) is 0. The number of amides is 1. The molecule has 25 heavy (non-hydrogen) atoms. The van der Waals surface area contributed by atoms with E-state index in [-0.39, 0.29) is 11.9 Å². The van der Waals surface area contributed by atoms with Gasteiger partial charge in [0.2, 0.25) is 0 Å². The van der Waals surface area contributed by atoms with E-state index in [1.807, 2.05) is 67.4 Å². The molecule has 5 nitrogen and oxygen atoms in total. The zero-order valence-corrected chi connectivity index (χ0v) is 14.9. The molecule has 0 aliphatic heterocycles. The molecule has 0 aliphatic rings. The molecule has 2 rings (SSSR count). The van der Waals surface area contributed by atoms with Crippen molar-refractivity contribution < 1.29 is 14.3 Å². The zero-order chi connectivity index (χ0) is 18.1. The quantitative estimate of drug-likeness (QED) is 0.460. The number of benzene rings is 2. The van der Waals surface area contributed by atoms with E-state index >= 15 is 0 Å². The number of hydrogen-bond donors (Lipinski definition) is 0. The second-order valence-electron chi connectivity index (χ2n) is 5.75. The van der Waals surface area contributed by atoms with Gasteiger partial charge in [0.05, 0.1) is 6.61 Å². The predicted octanol–water partition coefficient (Wildman–Crippen LogP) is 3.29. The number of ether oxygens (including phenoxy) is 2. The van der Waals surface area contributed by atoms with Gasteiger partial charge >= 0.3 is 0 Å². The summed E-state index contributed by atoms with van der Waals surface area (Å²) in [5.74, 6) is -0.323. The Labute approximate surface area is 148 Å². The molecule has 132 valence electrons. The predicted molar refractivity (Wildman–Crippen MR) is 98.7 cm³/mol. The van der Waals surface area contributed by atoms with Crippen LogP contribution < -0.4 is 0 Å². The molecule has 0 N–H and O–H groups in total. The second-order valence-corrected chi connectivity index (χ2v) is 5.75. The molecule has 0 spiro atoms. The van der Waals surface area contributed by atoms with Crippen LogP contribution in [0.25, 0.3) is 0 Å². The first kappa shape index (κ1) is 18.7. The van der Waals surface area contributed by atoms with Crippen molar-refractivity contribution in [1.82, 2.24) is 4.90 Å². The molecule has 0 aromatic heterocycles.